The molecule has 0 unspecified atom stereocenters. The minimum atomic E-state index is 1.14. The third-order valence-electron chi connectivity index (χ3n) is 11.8. The van der Waals surface area contributed by atoms with Gasteiger partial charge >= 0.3 is 0 Å². The van der Waals surface area contributed by atoms with Crippen LogP contribution in [0.2, 0.25) is 0 Å². The third-order valence-corrected chi connectivity index (χ3v) is 11.8. The Balaban J connectivity index is 1.05. The van der Waals surface area contributed by atoms with Gasteiger partial charge in [-0.15, -0.1) is 0 Å². The first-order valence-corrected chi connectivity index (χ1v) is 19.6. The number of fused-ring (bicyclic) bond motifs is 9. The maximum absolute atomic E-state index is 2.48. The highest BCUT2D eigenvalue weighted by Crippen LogP contribution is 2.41. The highest BCUT2D eigenvalue weighted by Gasteiger charge is 2.21. The van der Waals surface area contributed by atoms with Crippen LogP contribution in [0.5, 0.6) is 0 Å². The maximum atomic E-state index is 2.48. The molecule has 0 saturated carbocycles. The summed E-state index contributed by atoms with van der Waals surface area (Å²) in [6.45, 7) is 0. The summed E-state index contributed by atoms with van der Waals surface area (Å²) in [5, 5.41) is 7.47. The number of hydrogen-bond donors (Lipinski definition) is 0. The number of aromatic nitrogens is 3. The fraction of sp³-hybridized carbons (Fsp3) is 0. The van der Waals surface area contributed by atoms with Crippen LogP contribution in [0.1, 0.15) is 0 Å². The van der Waals surface area contributed by atoms with Crippen molar-refractivity contribution in [3.05, 3.63) is 212 Å². The summed E-state index contributed by atoms with van der Waals surface area (Å²) >= 11 is 0. The average molecular weight is 726 g/mol. The molecule has 12 aromatic rings. The molecule has 0 aliphatic heterocycles. The molecular weight excluding hydrogens is 691 g/mol. The lowest BCUT2D eigenvalue weighted by Crippen LogP contribution is -1.97. The lowest BCUT2D eigenvalue weighted by atomic mass is 10.00. The van der Waals surface area contributed by atoms with Gasteiger partial charge in [-0.3, -0.25) is 0 Å². The molecule has 266 valence electrons. The molecule has 0 aliphatic rings. The van der Waals surface area contributed by atoms with Gasteiger partial charge in [0.15, 0.2) is 0 Å². The second kappa shape index (κ2) is 12.5. The fourth-order valence-corrected chi connectivity index (χ4v) is 9.34. The van der Waals surface area contributed by atoms with Gasteiger partial charge in [-0.2, -0.15) is 0 Å². The molecule has 0 amide bonds. The van der Waals surface area contributed by atoms with E-state index in [0.717, 1.165) is 11.4 Å². The fourth-order valence-electron chi connectivity index (χ4n) is 9.34. The molecule has 0 bridgehead atoms. The summed E-state index contributed by atoms with van der Waals surface area (Å²) in [4.78, 5) is 0. The number of hydrogen-bond acceptors (Lipinski definition) is 0. The van der Waals surface area contributed by atoms with E-state index in [9.17, 15) is 0 Å². The van der Waals surface area contributed by atoms with Crippen LogP contribution in [-0.2, 0) is 0 Å². The van der Waals surface area contributed by atoms with Crippen molar-refractivity contribution in [2.75, 3.05) is 0 Å². The summed E-state index contributed by atoms with van der Waals surface area (Å²) in [7, 11) is 0. The van der Waals surface area contributed by atoms with E-state index in [0.29, 0.717) is 0 Å². The Labute approximate surface area is 329 Å². The van der Waals surface area contributed by atoms with Crippen LogP contribution in [-0.4, -0.2) is 13.7 Å². The van der Waals surface area contributed by atoms with Gasteiger partial charge in [0.2, 0.25) is 0 Å². The first kappa shape index (κ1) is 31.7. The smallest absolute Gasteiger partial charge is 0.0562 e. The Morgan fingerprint density at radius 1 is 0.228 bits per heavy atom. The first-order valence-electron chi connectivity index (χ1n) is 19.6. The number of rotatable bonds is 5. The molecule has 0 radical (unpaired) electrons. The van der Waals surface area contributed by atoms with Crippen LogP contribution in [0.4, 0.5) is 0 Å². The molecule has 3 nitrogen and oxygen atoms in total. The van der Waals surface area contributed by atoms with Crippen molar-refractivity contribution in [3.63, 3.8) is 0 Å². The van der Waals surface area contributed by atoms with Crippen LogP contribution in [0.25, 0.3) is 105 Å². The molecule has 0 fully saturated rings. The van der Waals surface area contributed by atoms with E-state index in [1.807, 2.05) is 0 Å². The van der Waals surface area contributed by atoms with Gasteiger partial charge in [0, 0.05) is 43.7 Å². The summed E-state index contributed by atoms with van der Waals surface area (Å²) in [5.41, 5.74) is 15.5. The molecular formula is C54H35N3. The van der Waals surface area contributed by atoms with Gasteiger partial charge in [-0.1, -0.05) is 146 Å². The van der Waals surface area contributed by atoms with Gasteiger partial charge in [0.1, 0.15) is 0 Å². The van der Waals surface area contributed by atoms with Crippen LogP contribution < -0.4 is 0 Å². The predicted octanol–water partition coefficient (Wildman–Crippen LogP) is 14.3. The summed E-state index contributed by atoms with van der Waals surface area (Å²) < 4.78 is 7.32. The van der Waals surface area contributed by atoms with E-state index < -0.39 is 0 Å². The van der Waals surface area contributed by atoms with Crippen molar-refractivity contribution in [1.29, 1.82) is 0 Å². The zero-order chi connectivity index (χ0) is 37.5. The Kier molecular flexibility index (Phi) is 6.93. The van der Waals surface area contributed by atoms with Crippen molar-refractivity contribution in [2.24, 2.45) is 0 Å². The standard InChI is InChI=1S/C54H35N3/c1-2-14-36(15-3-1)37-28-30-38(31-29-37)39-16-12-17-40(34-39)56-50-25-11-7-21-45(50)54-52(56)26-13-27-53(54)57-49-24-10-6-20-44(49)46-35-41(32-33-51(46)57)55-47-22-8-4-18-42(47)43-19-5-9-23-48(43)55/h1-35H. The molecule has 57 heavy (non-hydrogen) atoms. The van der Waals surface area contributed by atoms with E-state index in [1.54, 1.807) is 0 Å². The van der Waals surface area contributed by atoms with E-state index in [4.69, 9.17) is 0 Å². The lowest BCUT2D eigenvalue weighted by molar-refractivity contribution is 1.16. The summed E-state index contributed by atoms with van der Waals surface area (Å²) in [6, 6.07) is 77.4. The Hall–Kier alpha value is -7.62. The normalized spacial score (nSPS) is 11.9. The quantitative estimate of drug-likeness (QED) is 0.168. The minimum absolute atomic E-state index is 1.14. The van der Waals surface area contributed by atoms with Crippen LogP contribution >= 0.6 is 0 Å². The monoisotopic (exact) mass is 725 g/mol. The first-order chi connectivity index (χ1) is 28.3. The lowest BCUT2D eigenvalue weighted by Gasteiger charge is -2.13. The summed E-state index contributed by atoms with van der Waals surface area (Å²) in [5.74, 6) is 0. The van der Waals surface area contributed by atoms with E-state index in [1.165, 1.54) is 93.4 Å². The van der Waals surface area contributed by atoms with E-state index >= 15 is 0 Å². The van der Waals surface area contributed by atoms with Crippen molar-refractivity contribution in [3.8, 4) is 39.3 Å². The van der Waals surface area contributed by atoms with Crippen LogP contribution in [0, 0.1) is 0 Å². The number of para-hydroxylation sites is 4. The Morgan fingerprint density at radius 3 is 1.35 bits per heavy atom. The van der Waals surface area contributed by atoms with Crippen molar-refractivity contribution in [1.82, 2.24) is 13.7 Å². The zero-order valence-corrected chi connectivity index (χ0v) is 31.0. The van der Waals surface area contributed by atoms with Crippen LogP contribution in [0.15, 0.2) is 212 Å². The second-order valence-corrected chi connectivity index (χ2v) is 14.9. The average Bonchev–Trinajstić information content (AvgIpc) is 3.92. The van der Waals surface area contributed by atoms with Crippen molar-refractivity contribution in [2.45, 2.75) is 0 Å². The van der Waals surface area contributed by atoms with Gasteiger partial charge in [-0.05, 0) is 89.0 Å². The SMILES string of the molecule is c1ccc(-c2ccc(-c3cccc(-n4c5ccccc5c5c(-n6c7ccccc7c7cc(-n8c9ccccc9c9ccccc98)ccc76)cccc54)c3)cc2)cc1. The maximum Gasteiger partial charge on any atom is 0.0562 e. The van der Waals surface area contributed by atoms with Crippen molar-refractivity contribution < 1.29 is 0 Å². The molecule has 0 spiro atoms. The highest BCUT2D eigenvalue weighted by atomic mass is 15.0. The molecule has 0 aliphatic carbocycles. The van der Waals surface area contributed by atoms with Gasteiger partial charge in [-0.25, -0.2) is 0 Å². The molecule has 0 saturated heterocycles. The number of benzene rings is 9. The molecule has 12 rings (SSSR count). The van der Waals surface area contributed by atoms with E-state index in [-0.39, 0.29) is 0 Å². The molecule has 0 atom stereocenters. The van der Waals surface area contributed by atoms with E-state index in [2.05, 4.69) is 226 Å². The molecule has 9 aromatic carbocycles. The minimum Gasteiger partial charge on any atom is -0.309 e. The Bertz CT molecular complexity index is 3450. The summed E-state index contributed by atoms with van der Waals surface area (Å²) in [6.07, 6.45) is 0. The van der Waals surface area contributed by atoms with Gasteiger partial charge in [0.05, 0.1) is 38.8 Å². The van der Waals surface area contributed by atoms with Gasteiger partial charge in [0.25, 0.3) is 0 Å². The predicted molar refractivity (Wildman–Crippen MR) is 240 cm³/mol. The molecule has 3 aromatic heterocycles. The highest BCUT2D eigenvalue weighted by molar-refractivity contribution is 6.17. The van der Waals surface area contributed by atoms with Gasteiger partial charge < -0.3 is 13.7 Å². The third kappa shape index (κ3) is 4.79. The van der Waals surface area contributed by atoms with Crippen LogP contribution in [0.3, 0.4) is 0 Å². The zero-order valence-electron chi connectivity index (χ0n) is 31.0. The topological polar surface area (TPSA) is 14.8 Å². The van der Waals surface area contributed by atoms with Crippen molar-refractivity contribution >= 4 is 65.4 Å². The largest absolute Gasteiger partial charge is 0.309 e. The second-order valence-electron chi connectivity index (χ2n) is 14.9. The number of nitrogens with zero attached hydrogens (tertiary/aromatic N) is 3. The Morgan fingerprint density at radius 2 is 0.667 bits per heavy atom. The molecule has 0 N–H and O–H groups in total. The molecule has 3 heteroatoms. The molecule has 3 heterocycles.